The van der Waals surface area contributed by atoms with Crippen LogP contribution in [0.3, 0.4) is 0 Å². The van der Waals surface area contributed by atoms with Crippen molar-refractivity contribution >= 4 is 67.4 Å². The predicted octanol–water partition coefficient (Wildman–Crippen LogP) is 18.3. The Hall–Kier alpha value is -8.04. The second-order valence-corrected chi connectivity index (χ2v) is 25.2. The van der Waals surface area contributed by atoms with Crippen molar-refractivity contribution in [2.45, 2.75) is 171 Å². The van der Waals surface area contributed by atoms with Gasteiger partial charge in [-0.1, -0.05) is 89.2 Å². The number of nitrogens with zero attached hydrogens (tertiary/aromatic N) is 4. The number of para-hydroxylation sites is 2. The maximum absolute atomic E-state index is 13.5. The Morgan fingerprint density at radius 1 is 0.663 bits per heavy atom. The number of hydrogen-bond acceptors (Lipinski definition) is 5. The molecule has 444 valence electrons. The fourth-order valence-corrected chi connectivity index (χ4v) is 14.4. The van der Waals surface area contributed by atoms with Gasteiger partial charge in [-0.2, -0.15) is 4.58 Å². The van der Waals surface area contributed by atoms with Crippen LogP contribution in [-0.4, -0.2) is 55.8 Å². The molecule has 0 unspecified atom stereocenters. The molecule has 0 spiro atoms. The van der Waals surface area contributed by atoms with Crippen molar-refractivity contribution in [1.29, 1.82) is 0 Å². The number of hydrogen-bond donors (Lipinski definition) is 3. The molecule has 11 rings (SSSR count). The number of amides is 1. The van der Waals surface area contributed by atoms with E-state index >= 15 is 0 Å². The van der Waals surface area contributed by atoms with Gasteiger partial charge < -0.3 is 24.9 Å². The molecule has 0 saturated carbocycles. The number of aromatic amines is 2. The minimum absolute atomic E-state index is 0.0825. The molecule has 1 aliphatic carbocycles. The zero-order valence-corrected chi connectivity index (χ0v) is 53.6. The molecule has 86 heavy (non-hydrogen) atoms. The number of carbonyl (C=O) groups is 1. The molecule has 9 heteroatoms. The van der Waals surface area contributed by atoms with Crippen LogP contribution < -0.4 is 15.0 Å². The number of ether oxygens (including phenoxy) is 1. The molecule has 3 aromatic heterocycles. The summed E-state index contributed by atoms with van der Waals surface area (Å²) in [6, 6.07) is 35.2. The number of carbonyl (C=O) groups excluding carboxylic acids is 1. The van der Waals surface area contributed by atoms with Gasteiger partial charge in [0, 0.05) is 76.1 Å². The van der Waals surface area contributed by atoms with Crippen molar-refractivity contribution in [1.82, 2.24) is 25.3 Å². The van der Waals surface area contributed by atoms with Crippen molar-refractivity contribution in [3.05, 3.63) is 206 Å². The molecule has 8 bridgehead atoms. The summed E-state index contributed by atoms with van der Waals surface area (Å²) in [7, 11) is 0. The highest BCUT2D eigenvalue weighted by molar-refractivity contribution is 6.03. The Kier molecular flexibility index (Phi) is 17.2. The maximum Gasteiger partial charge on any atom is 0.220 e. The largest absolute Gasteiger partial charge is 0.457 e. The van der Waals surface area contributed by atoms with Crippen molar-refractivity contribution in [2.24, 2.45) is 0 Å². The van der Waals surface area contributed by atoms with E-state index in [-0.39, 0.29) is 16.7 Å². The van der Waals surface area contributed by atoms with Crippen molar-refractivity contribution in [3.8, 4) is 5.75 Å². The molecule has 0 fully saturated rings. The van der Waals surface area contributed by atoms with Crippen molar-refractivity contribution in [2.75, 3.05) is 24.5 Å². The summed E-state index contributed by atoms with van der Waals surface area (Å²) in [6.07, 6.45) is 18.6. The van der Waals surface area contributed by atoms with Gasteiger partial charge in [0.05, 0.1) is 28.2 Å². The molecule has 9 nitrogen and oxygen atoms in total. The molecule has 6 aromatic rings. The van der Waals surface area contributed by atoms with Gasteiger partial charge in [0.15, 0.2) is 5.71 Å². The Balaban J connectivity index is 0.783. The van der Waals surface area contributed by atoms with E-state index in [1.54, 1.807) is 0 Å². The fraction of sp³-hybridized carbons (Fsp3) is 0.377. The van der Waals surface area contributed by atoms with Gasteiger partial charge in [-0.05, 0) is 241 Å². The molecule has 0 saturated heterocycles. The monoisotopic (exact) mass is 1140 g/mol. The van der Waals surface area contributed by atoms with Crippen LogP contribution in [0.2, 0.25) is 0 Å². The highest BCUT2D eigenvalue weighted by atomic mass is 16.5. The Morgan fingerprint density at radius 2 is 1.30 bits per heavy atom. The SMILES string of the molecule is CCC1=C(C)c2cc3nc(cc4[nH]c(cc5[nH]c(cc1n2)c(C)c5CC)c(C)c4CC)C(CCCC(=O)NCCCc1ccc(OC2=C(/C=C/C4=[N+](CC)c5ccccc5C4(C)C)CCC/C2=C\C=C2\N(CC)c4ccccc4C2(C)C)cc1)=C3C. The van der Waals surface area contributed by atoms with Crippen molar-refractivity contribution in [3.63, 3.8) is 0 Å². The molecule has 7 heterocycles. The fourth-order valence-electron chi connectivity index (χ4n) is 14.4. The topological polar surface area (TPSA) is 102 Å². The number of aryl methyl sites for hydroxylation is 5. The number of anilines is 1. The Morgan fingerprint density at radius 3 is 1.99 bits per heavy atom. The van der Waals surface area contributed by atoms with Gasteiger partial charge >= 0.3 is 0 Å². The van der Waals surface area contributed by atoms with Crippen LogP contribution in [-0.2, 0) is 34.9 Å². The number of fused-ring (bicyclic) bond motifs is 10. The van der Waals surface area contributed by atoms with Crippen LogP contribution >= 0.6 is 0 Å². The van der Waals surface area contributed by atoms with Crippen LogP contribution in [0, 0.1) is 13.8 Å². The Bertz CT molecular complexity index is 4070. The number of benzene rings is 3. The first kappa shape index (κ1) is 59.7. The first-order valence-corrected chi connectivity index (χ1v) is 32.1. The molecule has 3 N–H and O–H groups in total. The van der Waals surface area contributed by atoms with Crippen LogP contribution in [0.25, 0.3) is 44.4 Å². The summed E-state index contributed by atoms with van der Waals surface area (Å²) >= 11 is 0. The molecular weight excluding hydrogens is 1050 g/mol. The third-order valence-electron chi connectivity index (χ3n) is 19.4. The highest BCUT2D eigenvalue weighted by Gasteiger charge is 2.44. The van der Waals surface area contributed by atoms with E-state index < -0.39 is 0 Å². The zero-order valence-electron chi connectivity index (χ0n) is 53.6. The van der Waals surface area contributed by atoms with Crippen LogP contribution in [0.5, 0.6) is 5.75 Å². The van der Waals surface area contributed by atoms with E-state index in [1.807, 2.05) is 0 Å². The summed E-state index contributed by atoms with van der Waals surface area (Å²) in [5, 5.41) is 3.25. The predicted molar refractivity (Wildman–Crippen MR) is 360 cm³/mol. The van der Waals surface area contributed by atoms with Gasteiger partial charge in [0.25, 0.3) is 0 Å². The first-order valence-electron chi connectivity index (χ1n) is 32.1. The lowest BCUT2D eigenvalue weighted by Crippen LogP contribution is -2.27. The normalized spacial score (nSPS) is 17.3. The third kappa shape index (κ3) is 11.2. The van der Waals surface area contributed by atoms with E-state index in [4.69, 9.17) is 14.7 Å². The molecule has 3 aromatic carbocycles. The number of likely N-dealkylation sites (N-methyl/N-ethyl adjacent to an activating group) is 1. The number of allylic oxidation sites excluding steroid dienone is 11. The number of aromatic nitrogens is 4. The van der Waals surface area contributed by atoms with E-state index in [0.29, 0.717) is 13.0 Å². The standard InChI is InChI=1S/C77H89N7O2/c1-14-56-48(6)62-44-63-51(9)59(69(82-63)47-68-58(16-3)50(8)65(81-68)46-67-57(15-2)49(7)64(80-67)45-66(56)79-62)29-24-34-74(85)78-43-25-26-52-35-39-55(40-36-52)86-75-53(37-41-72-76(10,11)60-30-19-21-32-70(60)83(72)17-4)27-23-28-54(75)38-42-73-77(12,13)61-31-20-22-33-71(61)84(73)18-5/h19-22,30-33,35-42,44-47H,14-18,23-29,34,43H2,1-13H3,(H2-,78,79,80,81,82,85)/p+1. The zero-order chi connectivity index (χ0) is 60.6. The summed E-state index contributed by atoms with van der Waals surface area (Å²) in [6.45, 7) is 31.8. The summed E-state index contributed by atoms with van der Waals surface area (Å²) in [5.41, 5.74) is 29.6. The van der Waals surface area contributed by atoms with Gasteiger partial charge in [-0.25, -0.2) is 9.97 Å². The summed E-state index contributed by atoms with van der Waals surface area (Å²) in [4.78, 5) is 34.2. The van der Waals surface area contributed by atoms with E-state index in [9.17, 15) is 4.79 Å². The average molecular weight is 1150 g/mol. The molecule has 4 aliphatic heterocycles. The highest BCUT2D eigenvalue weighted by Crippen LogP contribution is 2.48. The number of nitrogens with one attached hydrogen (secondary N) is 3. The number of H-pyrrole nitrogens is 2. The minimum Gasteiger partial charge on any atom is -0.457 e. The average Bonchev–Trinajstić information content (AvgIpc) is 2.98. The smallest absolute Gasteiger partial charge is 0.220 e. The molecule has 5 aliphatic rings. The molecule has 0 atom stereocenters. The Labute approximate surface area is 511 Å². The number of rotatable bonds is 18. The van der Waals surface area contributed by atoms with Gasteiger partial charge in [0.1, 0.15) is 18.1 Å². The maximum atomic E-state index is 13.5. The summed E-state index contributed by atoms with van der Waals surface area (Å²) < 4.78 is 9.55. The lowest BCUT2D eigenvalue weighted by molar-refractivity contribution is -0.433. The van der Waals surface area contributed by atoms with E-state index in [0.717, 1.165) is 139 Å². The third-order valence-corrected chi connectivity index (χ3v) is 19.4. The minimum atomic E-state index is -0.127. The molecule has 1 amide bonds. The van der Waals surface area contributed by atoms with Crippen molar-refractivity contribution < 1.29 is 14.1 Å². The molecular formula is C77H90N7O2+. The summed E-state index contributed by atoms with van der Waals surface area (Å²) in [5.74, 6) is 1.86. The molecule has 0 radical (unpaired) electrons. The van der Waals surface area contributed by atoms with Gasteiger partial charge in [-0.3, -0.25) is 4.79 Å². The lowest BCUT2D eigenvalue weighted by atomic mass is 9.81. The lowest BCUT2D eigenvalue weighted by Gasteiger charge is -2.26. The van der Waals surface area contributed by atoms with Gasteiger partial charge in [-0.15, -0.1) is 0 Å². The van der Waals surface area contributed by atoms with E-state index in [1.165, 1.54) is 89.6 Å². The van der Waals surface area contributed by atoms with Gasteiger partial charge in [0.2, 0.25) is 11.6 Å². The quantitative estimate of drug-likeness (QED) is 0.0588. The first-order chi connectivity index (χ1) is 41.5. The second-order valence-electron chi connectivity index (χ2n) is 25.2. The van der Waals surface area contributed by atoms with Crippen LogP contribution in [0.1, 0.15) is 189 Å². The van der Waals surface area contributed by atoms with Crippen LogP contribution in [0.15, 0.2) is 144 Å². The second kappa shape index (κ2) is 24.7. The van der Waals surface area contributed by atoms with Crippen LogP contribution in [0.4, 0.5) is 11.4 Å². The van der Waals surface area contributed by atoms with E-state index in [2.05, 4.69) is 236 Å².